The number of sulfonamides is 1. The summed E-state index contributed by atoms with van der Waals surface area (Å²) in [6, 6.07) is 11.5. The zero-order valence-electron chi connectivity index (χ0n) is 13.8. The Morgan fingerprint density at radius 3 is 2.81 bits per heavy atom. The highest BCUT2D eigenvalue weighted by Crippen LogP contribution is 2.20. The van der Waals surface area contributed by atoms with Crippen LogP contribution in [0.1, 0.15) is 16.8 Å². The molecule has 0 fully saturated rings. The Balaban J connectivity index is 1.57. The number of benzene rings is 1. The Kier molecular flexibility index (Phi) is 5.69. The minimum atomic E-state index is -3.63. The van der Waals surface area contributed by atoms with Crippen LogP contribution in [-0.2, 0) is 16.6 Å². The van der Waals surface area contributed by atoms with E-state index in [1.165, 1.54) is 12.1 Å². The summed E-state index contributed by atoms with van der Waals surface area (Å²) >= 11 is 1.14. The van der Waals surface area contributed by atoms with Crippen LogP contribution in [0.2, 0.25) is 0 Å². The van der Waals surface area contributed by atoms with Crippen molar-refractivity contribution < 1.29 is 13.2 Å². The quantitative estimate of drug-likeness (QED) is 0.578. The first-order valence-electron chi connectivity index (χ1n) is 7.97. The molecule has 0 saturated heterocycles. The number of carbonyl (C=O) groups excluding carboxylic acids is 1. The van der Waals surface area contributed by atoms with Crippen LogP contribution >= 0.6 is 11.3 Å². The Labute approximate surface area is 155 Å². The van der Waals surface area contributed by atoms with Gasteiger partial charge in [-0.25, -0.2) is 8.42 Å². The number of aromatic nitrogens is 2. The molecule has 1 amide bonds. The average Bonchev–Trinajstić information content (AvgIpc) is 3.32. The zero-order valence-corrected chi connectivity index (χ0v) is 15.5. The summed E-state index contributed by atoms with van der Waals surface area (Å²) in [7, 11) is -3.63. The minimum Gasteiger partial charge on any atom is -0.352 e. The second-order valence-corrected chi connectivity index (χ2v) is 8.35. The number of amides is 1. The predicted molar refractivity (Wildman–Crippen MR) is 101 cm³/mol. The Hall–Kier alpha value is -2.65. The fourth-order valence-corrected chi connectivity index (χ4v) is 4.37. The van der Waals surface area contributed by atoms with E-state index >= 15 is 0 Å². The third-order valence-corrected chi connectivity index (χ3v) is 6.32. The summed E-state index contributed by atoms with van der Waals surface area (Å²) in [6.07, 6.45) is 4.32. The third-order valence-electron chi connectivity index (χ3n) is 3.55. The lowest BCUT2D eigenvalue weighted by Crippen LogP contribution is -2.25. The topological polar surface area (TPSA) is 93.1 Å². The van der Waals surface area contributed by atoms with Gasteiger partial charge in [0.15, 0.2) is 0 Å². The van der Waals surface area contributed by atoms with Crippen LogP contribution in [0.15, 0.2) is 64.4 Å². The van der Waals surface area contributed by atoms with E-state index in [4.69, 9.17) is 0 Å². The van der Waals surface area contributed by atoms with Crippen LogP contribution in [0.4, 0.5) is 5.69 Å². The van der Waals surface area contributed by atoms with Crippen LogP contribution in [-0.4, -0.2) is 30.7 Å². The molecule has 2 heterocycles. The molecule has 7 nitrogen and oxygen atoms in total. The molecule has 0 aliphatic heterocycles. The molecule has 0 bridgehead atoms. The van der Waals surface area contributed by atoms with Crippen LogP contribution in [0, 0.1) is 0 Å². The molecule has 0 saturated carbocycles. The molecule has 2 aromatic heterocycles. The van der Waals surface area contributed by atoms with Gasteiger partial charge in [-0.2, -0.15) is 5.10 Å². The van der Waals surface area contributed by atoms with Gasteiger partial charge in [-0.3, -0.25) is 14.2 Å². The lowest BCUT2D eigenvalue weighted by atomic mass is 10.2. The van der Waals surface area contributed by atoms with Gasteiger partial charge < -0.3 is 5.32 Å². The lowest BCUT2D eigenvalue weighted by Gasteiger charge is -2.09. The first-order valence-corrected chi connectivity index (χ1v) is 10.3. The predicted octanol–water partition coefficient (Wildman–Crippen LogP) is 2.57. The largest absolute Gasteiger partial charge is 0.352 e. The Bertz CT molecular complexity index is 952. The monoisotopic (exact) mass is 390 g/mol. The number of aryl methyl sites for hydroxylation is 1. The standard InChI is InChI=1S/C17H18N4O3S2/c22-17(18-8-3-10-21-11-4-9-19-21)14-5-1-6-15(13-14)20-26(23,24)16-7-2-12-25-16/h1-2,4-7,9,11-13,20H,3,8,10H2,(H,18,22). The molecule has 0 unspecified atom stereocenters. The van der Waals surface area contributed by atoms with Gasteiger partial charge >= 0.3 is 0 Å². The highest BCUT2D eigenvalue weighted by Gasteiger charge is 2.16. The average molecular weight is 390 g/mol. The van der Waals surface area contributed by atoms with Crippen molar-refractivity contribution in [1.29, 1.82) is 0 Å². The van der Waals surface area contributed by atoms with E-state index in [1.54, 1.807) is 40.5 Å². The Morgan fingerprint density at radius 1 is 1.19 bits per heavy atom. The second kappa shape index (κ2) is 8.15. The fraction of sp³-hybridized carbons (Fsp3) is 0.176. The maximum absolute atomic E-state index is 12.3. The highest BCUT2D eigenvalue weighted by atomic mass is 32.2. The number of nitrogens with zero attached hydrogens (tertiary/aromatic N) is 2. The van der Waals surface area contributed by atoms with Crippen molar-refractivity contribution in [3.05, 3.63) is 65.8 Å². The summed E-state index contributed by atoms with van der Waals surface area (Å²) < 4.78 is 29.0. The van der Waals surface area contributed by atoms with Crippen molar-refractivity contribution in [2.24, 2.45) is 0 Å². The molecule has 3 rings (SSSR count). The van der Waals surface area contributed by atoms with Crippen LogP contribution in [0.5, 0.6) is 0 Å². The maximum atomic E-state index is 12.3. The van der Waals surface area contributed by atoms with E-state index in [0.29, 0.717) is 24.3 Å². The third kappa shape index (κ3) is 4.70. The number of nitrogens with one attached hydrogen (secondary N) is 2. The van der Waals surface area contributed by atoms with Gasteiger partial charge in [0.25, 0.3) is 15.9 Å². The van der Waals surface area contributed by atoms with Crippen molar-refractivity contribution in [2.75, 3.05) is 11.3 Å². The van der Waals surface area contributed by atoms with E-state index in [-0.39, 0.29) is 10.1 Å². The van der Waals surface area contributed by atoms with Crippen LogP contribution < -0.4 is 10.0 Å². The number of anilines is 1. The minimum absolute atomic E-state index is 0.228. The van der Waals surface area contributed by atoms with Crippen LogP contribution in [0.25, 0.3) is 0 Å². The van der Waals surface area contributed by atoms with E-state index in [2.05, 4.69) is 15.1 Å². The smallest absolute Gasteiger partial charge is 0.271 e. The van der Waals surface area contributed by atoms with Gasteiger partial charge in [0, 0.05) is 36.7 Å². The summed E-state index contributed by atoms with van der Waals surface area (Å²) in [6.45, 7) is 1.22. The number of hydrogen-bond donors (Lipinski definition) is 2. The normalized spacial score (nSPS) is 11.2. The zero-order chi connectivity index (χ0) is 18.4. The van der Waals surface area contributed by atoms with Gasteiger partial charge in [0.05, 0.1) is 0 Å². The molecule has 0 spiro atoms. The fourth-order valence-electron chi connectivity index (χ4n) is 2.32. The van der Waals surface area contributed by atoms with Crippen molar-refractivity contribution in [3.63, 3.8) is 0 Å². The summed E-state index contributed by atoms with van der Waals surface area (Å²) in [5.41, 5.74) is 0.748. The van der Waals surface area contributed by atoms with Gasteiger partial charge in [-0.15, -0.1) is 11.3 Å². The molecule has 136 valence electrons. The summed E-state index contributed by atoms with van der Waals surface area (Å²) in [5, 5.41) is 8.62. The molecule has 9 heteroatoms. The molecular weight excluding hydrogens is 372 g/mol. The van der Waals surface area contributed by atoms with Gasteiger partial charge in [-0.1, -0.05) is 12.1 Å². The number of rotatable bonds is 8. The summed E-state index contributed by atoms with van der Waals surface area (Å²) in [4.78, 5) is 12.2. The molecule has 0 radical (unpaired) electrons. The maximum Gasteiger partial charge on any atom is 0.271 e. The molecule has 3 aromatic rings. The molecule has 0 atom stereocenters. The van der Waals surface area contributed by atoms with Crippen molar-refractivity contribution >= 4 is 33.0 Å². The van der Waals surface area contributed by atoms with Crippen molar-refractivity contribution in [3.8, 4) is 0 Å². The molecule has 2 N–H and O–H groups in total. The van der Waals surface area contributed by atoms with Gasteiger partial charge in [0.2, 0.25) is 0 Å². The lowest BCUT2D eigenvalue weighted by molar-refractivity contribution is 0.0952. The van der Waals surface area contributed by atoms with E-state index in [1.807, 2.05) is 12.3 Å². The summed E-state index contributed by atoms with van der Waals surface area (Å²) in [5.74, 6) is -0.248. The molecule has 1 aromatic carbocycles. The highest BCUT2D eigenvalue weighted by molar-refractivity contribution is 7.94. The van der Waals surface area contributed by atoms with E-state index in [9.17, 15) is 13.2 Å². The first-order chi connectivity index (χ1) is 12.5. The van der Waals surface area contributed by atoms with Gasteiger partial charge in [0.1, 0.15) is 4.21 Å². The molecular formula is C17H18N4O3S2. The SMILES string of the molecule is O=C(NCCCn1cccn1)c1cccc(NS(=O)(=O)c2cccs2)c1. The van der Waals surface area contributed by atoms with Gasteiger partial charge in [-0.05, 0) is 42.1 Å². The first kappa shape index (κ1) is 18.2. The van der Waals surface area contributed by atoms with Crippen molar-refractivity contribution in [1.82, 2.24) is 15.1 Å². The van der Waals surface area contributed by atoms with E-state index in [0.717, 1.165) is 17.8 Å². The molecule has 0 aliphatic rings. The van der Waals surface area contributed by atoms with E-state index < -0.39 is 10.0 Å². The van der Waals surface area contributed by atoms with Crippen molar-refractivity contribution in [2.45, 2.75) is 17.2 Å². The number of carbonyl (C=O) groups is 1. The molecule has 26 heavy (non-hydrogen) atoms. The number of hydrogen-bond acceptors (Lipinski definition) is 5. The number of thiophene rings is 1. The second-order valence-electron chi connectivity index (χ2n) is 5.50. The van der Waals surface area contributed by atoms with Crippen LogP contribution in [0.3, 0.4) is 0 Å². The Morgan fingerprint density at radius 2 is 2.08 bits per heavy atom. The molecule has 0 aliphatic carbocycles.